The van der Waals surface area contributed by atoms with Gasteiger partial charge in [0.25, 0.3) is 0 Å². The second kappa shape index (κ2) is 6.07. The fourth-order valence-electron chi connectivity index (χ4n) is 2.31. The molecule has 0 amide bonds. The van der Waals surface area contributed by atoms with E-state index < -0.39 is 0 Å². The summed E-state index contributed by atoms with van der Waals surface area (Å²) < 4.78 is 4.90. The van der Waals surface area contributed by atoms with Gasteiger partial charge in [-0.15, -0.1) is 0 Å². The summed E-state index contributed by atoms with van der Waals surface area (Å²) in [7, 11) is 1.39. The minimum absolute atomic E-state index is 0.368. The van der Waals surface area contributed by atoms with Crippen molar-refractivity contribution in [3.63, 3.8) is 0 Å². The largest absolute Gasteiger partial charge is 0.464 e. The van der Waals surface area contributed by atoms with Gasteiger partial charge in [-0.05, 0) is 36.8 Å². The molecule has 0 saturated heterocycles. The van der Waals surface area contributed by atoms with E-state index in [4.69, 9.17) is 16.3 Å². The standard InChI is InChI=1S/C17H14ClNO2S/c1-10-4-3-5-13-14(10)19-15(17(20)21-2)16(13)22-12-8-6-11(18)7-9-12/h3-9,19H,1-2H3. The molecule has 0 spiro atoms. The number of hydrogen-bond acceptors (Lipinski definition) is 3. The number of rotatable bonds is 3. The number of H-pyrrole nitrogens is 1. The van der Waals surface area contributed by atoms with Crippen LogP contribution in [-0.4, -0.2) is 18.1 Å². The van der Waals surface area contributed by atoms with Crippen LogP contribution < -0.4 is 0 Å². The molecule has 0 radical (unpaired) electrons. The molecule has 112 valence electrons. The molecule has 1 N–H and O–H groups in total. The molecule has 3 nitrogen and oxygen atoms in total. The summed E-state index contributed by atoms with van der Waals surface area (Å²) in [5, 5.41) is 1.70. The molecule has 0 atom stereocenters. The number of hydrogen-bond donors (Lipinski definition) is 1. The monoisotopic (exact) mass is 331 g/mol. The van der Waals surface area contributed by atoms with Gasteiger partial charge in [0.15, 0.2) is 0 Å². The van der Waals surface area contributed by atoms with E-state index in [9.17, 15) is 4.79 Å². The van der Waals surface area contributed by atoms with E-state index >= 15 is 0 Å². The zero-order chi connectivity index (χ0) is 15.7. The van der Waals surface area contributed by atoms with Crippen molar-refractivity contribution < 1.29 is 9.53 Å². The Kier molecular flexibility index (Phi) is 4.14. The summed E-state index contributed by atoms with van der Waals surface area (Å²) >= 11 is 7.44. The number of aryl methyl sites for hydroxylation is 1. The fourth-order valence-corrected chi connectivity index (χ4v) is 3.46. The highest BCUT2D eigenvalue weighted by atomic mass is 35.5. The lowest BCUT2D eigenvalue weighted by Gasteiger charge is -2.04. The van der Waals surface area contributed by atoms with Crippen LogP contribution in [0.3, 0.4) is 0 Å². The maximum Gasteiger partial charge on any atom is 0.355 e. The molecule has 0 saturated carbocycles. The van der Waals surface area contributed by atoms with Gasteiger partial charge in [0.1, 0.15) is 5.69 Å². The molecule has 5 heteroatoms. The summed E-state index contributed by atoms with van der Waals surface area (Å²) in [5.74, 6) is -0.368. The Hall–Kier alpha value is -1.91. The highest BCUT2D eigenvalue weighted by Gasteiger charge is 2.20. The molecule has 0 unspecified atom stereocenters. The molecule has 1 aromatic heterocycles. The predicted octanol–water partition coefficient (Wildman–Crippen LogP) is 5.07. The van der Waals surface area contributed by atoms with E-state index in [0.717, 1.165) is 26.3 Å². The van der Waals surface area contributed by atoms with E-state index in [2.05, 4.69) is 4.98 Å². The van der Waals surface area contributed by atoms with E-state index in [1.54, 1.807) is 0 Å². The Bertz CT molecular complexity index is 840. The third-order valence-corrected chi connectivity index (χ3v) is 4.81. The van der Waals surface area contributed by atoms with Crippen LogP contribution >= 0.6 is 23.4 Å². The molecule has 22 heavy (non-hydrogen) atoms. The number of nitrogens with one attached hydrogen (secondary N) is 1. The summed E-state index contributed by atoms with van der Waals surface area (Å²) in [6.45, 7) is 2.01. The normalized spacial score (nSPS) is 10.9. The lowest BCUT2D eigenvalue weighted by Crippen LogP contribution is -2.02. The molecule has 0 aliphatic carbocycles. The van der Waals surface area contributed by atoms with Crippen LogP contribution in [0.5, 0.6) is 0 Å². The highest BCUT2D eigenvalue weighted by Crippen LogP contribution is 2.38. The molecule has 0 bridgehead atoms. The smallest absolute Gasteiger partial charge is 0.355 e. The van der Waals surface area contributed by atoms with Crippen LogP contribution in [0.1, 0.15) is 16.1 Å². The average molecular weight is 332 g/mol. The Morgan fingerprint density at radius 1 is 1.18 bits per heavy atom. The van der Waals surface area contributed by atoms with Gasteiger partial charge in [-0.3, -0.25) is 0 Å². The van der Waals surface area contributed by atoms with Crippen molar-refractivity contribution in [3.8, 4) is 0 Å². The van der Waals surface area contributed by atoms with Crippen LogP contribution in [0.25, 0.3) is 10.9 Å². The zero-order valence-corrected chi connectivity index (χ0v) is 13.7. The zero-order valence-electron chi connectivity index (χ0n) is 12.1. The Morgan fingerprint density at radius 2 is 1.91 bits per heavy atom. The molecule has 1 heterocycles. The summed E-state index contributed by atoms with van der Waals surface area (Å²) in [5.41, 5.74) is 2.52. The number of fused-ring (bicyclic) bond motifs is 1. The van der Waals surface area contributed by atoms with Gasteiger partial charge in [-0.25, -0.2) is 4.79 Å². The first-order valence-electron chi connectivity index (χ1n) is 6.73. The minimum atomic E-state index is -0.368. The van der Waals surface area contributed by atoms with Gasteiger partial charge in [-0.1, -0.05) is 41.6 Å². The third-order valence-electron chi connectivity index (χ3n) is 3.42. The molecule has 0 fully saturated rings. The van der Waals surface area contributed by atoms with Crippen LogP contribution in [0.2, 0.25) is 5.02 Å². The van der Waals surface area contributed by atoms with Crippen molar-refractivity contribution in [2.75, 3.05) is 7.11 Å². The predicted molar refractivity (Wildman–Crippen MR) is 90.0 cm³/mol. The number of benzene rings is 2. The van der Waals surface area contributed by atoms with Crippen LogP contribution in [0.15, 0.2) is 52.3 Å². The first kappa shape index (κ1) is 15.0. The van der Waals surface area contributed by atoms with Gasteiger partial charge in [0.05, 0.1) is 17.5 Å². The molecule has 0 aliphatic heterocycles. The highest BCUT2D eigenvalue weighted by molar-refractivity contribution is 7.99. The number of carbonyl (C=O) groups is 1. The van der Waals surface area contributed by atoms with Crippen molar-refractivity contribution in [2.24, 2.45) is 0 Å². The van der Waals surface area contributed by atoms with Crippen molar-refractivity contribution in [3.05, 3.63) is 58.7 Å². The second-order valence-electron chi connectivity index (χ2n) is 4.87. The van der Waals surface area contributed by atoms with Crippen molar-refractivity contribution >= 4 is 40.2 Å². The summed E-state index contributed by atoms with van der Waals surface area (Å²) in [6.07, 6.45) is 0. The van der Waals surface area contributed by atoms with E-state index in [0.29, 0.717) is 10.7 Å². The second-order valence-corrected chi connectivity index (χ2v) is 6.39. The van der Waals surface area contributed by atoms with Crippen LogP contribution in [0.4, 0.5) is 0 Å². The van der Waals surface area contributed by atoms with E-state index in [1.165, 1.54) is 18.9 Å². The number of carbonyl (C=O) groups excluding carboxylic acids is 1. The maximum atomic E-state index is 12.1. The number of methoxy groups -OCH3 is 1. The molecule has 2 aromatic carbocycles. The molecule has 0 aliphatic rings. The van der Waals surface area contributed by atoms with Crippen LogP contribution in [-0.2, 0) is 4.74 Å². The Balaban J connectivity index is 2.15. The Morgan fingerprint density at radius 3 is 2.59 bits per heavy atom. The fraction of sp³-hybridized carbons (Fsp3) is 0.118. The number of esters is 1. The first-order valence-corrected chi connectivity index (χ1v) is 7.92. The van der Waals surface area contributed by atoms with Gasteiger partial charge in [-0.2, -0.15) is 0 Å². The van der Waals surface area contributed by atoms with Gasteiger partial charge in [0.2, 0.25) is 0 Å². The van der Waals surface area contributed by atoms with Gasteiger partial charge < -0.3 is 9.72 Å². The third kappa shape index (κ3) is 2.72. The number of ether oxygens (including phenoxy) is 1. The van der Waals surface area contributed by atoms with Gasteiger partial charge >= 0.3 is 5.97 Å². The van der Waals surface area contributed by atoms with Crippen molar-refractivity contribution in [2.45, 2.75) is 16.7 Å². The number of halogens is 1. The van der Waals surface area contributed by atoms with E-state index in [-0.39, 0.29) is 5.97 Å². The maximum absolute atomic E-state index is 12.1. The van der Waals surface area contributed by atoms with E-state index in [1.807, 2.05) is 49.4 Å². The van der Waals surface area contributed by atoms with Gasteiger partial charge in [0, 0.05) is 15.3 Å². The topological polar surface area (TPSA) is 42.1 Å². The van der Waals surface area contributed by atoms with Crippen molar-refractivity contribution in [1.29, 1.82) is 0 Å². The molecule has 3 rings (SSSR count). The average Bonchev–Trinajstić information content (AvgIpc) is 2.89. The number of para-hydroxylation sites is 1. The molecule has 3 aromatic rings. The number of aromatic nitrogens is 1. The van der Waals surface area contributed by atoms with Crippen LogP contribution in [0, 0.1) is 6.92 Å². The Labute approximate surface area is 137 Å². The molecular weight excluding hydrogens is 318 g/mol. The lowest BCUT2D eigenvalue weighted by molar-refractivity contribution is 0.0591. The minimum Gasteiger partial charge on any atom is -0.464 e. The summed E-state index contributed by atoms with van der Waals surface area (Å²) in [4.78, 5) is 17.1. The SMILES string of the molecule is COC(=O)c1[nH]c2c(C)cccc2c1Sc1ccc(Cl)cc1. The molecular formula is C17H14ClNO2S. The van der Waals surface area contributed by atoms with Crippen molar-refractivity contribution in [1.82, 2.24) is 4.98 Å². The number of aromatic amines is 1. The first-order chi connectivity index (χ1) is 10.6. The lowest BCUT2D eigenvalue weighted by atomic mass is 10.2. The summed E-state index contributed by atoms with van der Waals surface area (Å²) in [6, 6.07) is 13.5. The quantitative estimate of drug-likeness (QED) is 0.681.